The molecule has 0 unspecified atom stereocenters. The van der Waals surface area contributed by atoms with E-state index >= 15 is 0 Å². The molecule has 1 aromatic carbocycles. The quantitative estimate of drug-likeness (QED) is 0.687. The van der Waals surface area contributed by atoms with Crippen molar-refractivity contribution in [3.05, 3.63) is 23.8 Å². The third kappa shape index (κ3) is 3.21. The number of carbonyl (C=O) groups is 2. The minimum absolute atomic E-state index is 0.136. The molecule has 0 aromatic heterocycles. The average Bonchev–Trinajstić information content (AvgIpc) is 2.18. The molecule has 1 aromatic rings. The minimum Gasteiger partial charge on any atom is -0.508 e. The molecule has 0 aliphatic heterocycles. The van der Waals surface area contributed by atoms with Gasteiger partial charge in [0, 0.05) is 5.41 Å². The van der Waals surface area contributed by atoms with Crippen LogP contribution < -0.4 is 5.32 Å². The lowest BCUT2D eigenvalue weighted by Crippen LogP contribution is -2.28. The maximum Gasteiger partial charge on any atom is 0.337 e. The van der Waals surface area contributed by atoms with Crippen LogP contribution in [-0.4, -0.2) is 22.1 Å². The first-order valence-corrected chi connectivity index (χ1v) is 5.09. The lowest BCUT2D eigenvalue weighted by atomic mass is 9.95. The highest BCUT2D eigenvalue weighted by molar-refractivity contribution is 6.02. The highest BCUT2D eigenvalue weighted by Gasteiger charge is 2.23. The zero-order chi connectivity index (χ0) is 13.2. The molecule has 0 saturated heterocycles. The lowest BCUT2D eigenvalue weighted by molar-refractivity contribution is -0.123. The van der Waals surface area contributed by atoms with Crippen molar-refractivity contribution in [2.24, 2.45) is 5.41 Å². The van der Waals surface area contributed by atoms with Crippen molar-refractivity contribution >= 4 is 17.6 Å². The smallest absolute Gasteiger partial charge is 0.337 e. The SMILES string of the molecule is CC(C)(C)C(=O)Nc1ccc(O)cc1C(=O)O. The van der Waals surface area contributed by atoms with Crippen molar-refractivity contribution in [1.82, 2.24) is 0 Å². The second kappa shape index (κ2) is 4.45. The van der Waals surface area contributed by atoms with Crippen LogP contribution in [0.25, 0.3) is 0 Å². The Bertz CT molecular complexity index is 460. The summed E-state index contributed by atoms with van der Waals surface area (Å²) in [6, 6.07) is 3.79. The van der Waals surface area contributed by atoms with Crippen LogP contribution in [-0.2, 0) is 4.79 Å². The van der Waals surface area contributed by atoms with Crippen molar-refractivity contribution < 1.29 is 19.8 Å². The number of anilines is 1. The first kappa shape index (κ1) is 13.0. The predicted molar refractivity (Wildman–Crippen MR) is 63.2 cm³/mol. The van der Waals surface area contributed by atoms with E-state index in [9.17, 15) is 14.7 Å². The van der Waals surface area contributed by atoms with Gasteiger partial charge in [-0.2, -0.15) is 0 Å². The average molecular weight is 237 g/mol. The third-order valence-corrected chi connectivity index (χ3v) is 2.16. The molecule has 0 radical (unpaired) electrons. The molecule has 3 N–H and O–H groups in total. The Kier molecular flexibility index (Phi) is 3.41. The van der Waals surface area contributed by atoms with Gasteiger partial charge in [0.25, 0.3) is 0 Å². The highest BCUT2D eigenvalue weighted by atomic mass is 16.4. The van der Waals surface area contributed by atoms with Crippen LogP contribution in [0.5, 0.6) is 5.75 Å². The monoisotopic (exact) mass is 237 g/mol. The zero-order valence-electron chi connectivity index (χ0n) is 9.94. The number of benzene rings is 1. The molecule has 0 bridgehead atoms. The first-order chi connectivity index (χ1) is 7.71. The van der Waals surface area contributed by atoms with Gasteiger partial charge in [0.1, 0.15) is 5.75 Å². The van der Waals surface area contributed by atoms with Crippen LogP contribution in [0.1, 0.15) is 31.1 Å². The van der Waals surface area contributed by atoms with E-state index < -0.39 is 11.4 Å². The Morgan fingerprint density at radius 3 is 2.29 bits per heavy atom. The molecule has 0 aliphatic carbocycles. The number of aromatic hydroxyl groups is 1. The van der Waals surface area contributed by atoms with Crippen LogP contribution >= 0.6 is 0 Å². The number of carbonyl (C=O) groups excluding carboxylic acids is 1. The van der Waals surface area contributed by atoms with Gasteiger partial charge >= 0.3 is 5.97 Å². The van der Waals surface area contributed by atoms with Crippen molar-refractivity contribution in [3.8, 4) is 5.75 Å². The summed E-state index contributed by atoms with van der Waals surface area (Å²) in [5.74, 6) is -1.65. The van der Waals surface area contributed by atoms with Crippen molar-refractivity contribution in [1.29, 1.82) is 0 Å². The molecule has 0 fully saturated rings. The van der Waals surface area contributed by atoms with Crippen LogP contribution in [0, 0.1) is 5.41 Å². The molecule has 92 valence electrons. The van der Waals surface area contributed by atoms with Crippen LogP contribution in [0.15, 0.2) is 18.2 Å². The summed E-state index contributed by atoms with van der Waals surface area (Å²) >= 11 is 0. The van der Waals surface area contributed by atoms with Gasteiger partial charge in [-0.15, -0.1) is 0 Å². The van der Waals surface area contributed by atoms with E-state index in [0.717, 1.165) is 6.07 Å². The Morgan fingerprint density at radius 2 is 1.82 bits per heavy atom. The summed E-state index contributed by atoms with van der Waals surface area (Å²) in [5, 5.41) is 20.7. The number of hydrogen-bond donors (Lipinski definition) is 3. The fraction of sp³-hybridized carbons (Fsp3) is 0.333. The molecule has 5 nitrogen and oxygen atoms in total. The topological polar surface area (TPSA) is 86.6 Å². The number of aromatic carboxylic acids is 1. The van der Waals surface area contributed by atoms with Crippen LogP contribution in [0.2, 0.25) is 0 Å². The maximum atomic E-state index is 11.7. The summed E-state index contributed by atoms with van der Waals surface area (Å²) in [6.45, 7) is 5.18. The van der Waals surface area contributed by atoms with Crippen LogP contribution in [0.4, 0.5) is 5.69 Å². The standard InChI is InChI=1S/C12H15NO4/c1-12(2,3)11(17)13-9-5-4-7(14)6-8(9)10(15)16/h4-6,14H,1-3H3,(H,13,17)(H,15,16). The Hall–Kier alpha value is -2.04. The van der Waals surface area contributed by atoms with E-state index in [-0.39, 0.29) is 22.9 Å². The maximum absolute atomic E-state index is 11.7. The van der Waals surface area contributed by atoms with E-state index in [0.29, 0.717) is 0 Å². The number of rotatable bonds is 2. The van der Waals surface area contributed by atoms with Gasteiger partial charge in [-0.25, -0.2) is 4.79 Å². The first-order valence-electron chi connectivity index (χ1n) is 5.09. The molecule has 0 saturated carbocycles. The molecule has 0 heterocycles. The van der Waals surface area contributed by atoms with Gasteiger partial charge in [0.05, 0.1) is 11.3 Å². The number of phenolic OH excluding ortho intramolecular Hbond substituents is 1. The Labute approximate surface area is 99.1 Å². The number of nitrogens with one attached hydrogen (secondary N) is 1. The number of hydrogen-bond acceptors (Lipinski definition) is 3. The Balaban J connectivity index is 3.07. The van der Waals surface area contributed by atoms with Crippen molar-refractivity contribution in [2.45, 2.75) is 20.8 Å². The molecule has 5 heteroatoms. The van der Waals surface area contributed by atoms with Crippen LogP contribution in [0.3, 0.4) is 0 Å². The normalized spacial score (nSPS) is 11.0. The second-order valence-corrected chi connectivity index (χ2v) is 4.74. The van der Waals surface area contributed by atoms with Crippen molar-refractivity contribution in [2.75, 3.05) is 5.32 Å². The summed E-state index contributed by atoms with van der Waals surface area (Å²) in [7, 11) is 0. The molecular weight excluding hydrogens is 222 g/mol. The molecule has 0 spiro atoms. The van der Waals surface area contributed by atoms with E-state index in [1.54, 1.807) is 20.8 Å². The summed E-state index contributed by atoms with van der Waals surface area (Å²) in [6.07, 6.45) is 0. The molecule has 17 heavy (non-hydrogen) atoms. The van der Waals surface area contributed by atoms with Gasteiger partial charge in [0.15, 0.2) is 0 Å². The number of carboxylic acids is 1. The number of amides is 1. The Morgan fingerprint density at radius 1 is 1.24 bits per heavy atom. The minimum atomic E-state index is -1.20. The largest absolute Gasteiger partial charge is 0.508 e. The summed E-state index contributed by atoms with van der Waals surface area (Å²) in [5.41, 5.74) is -0.578. The van der Waals surface area contributed by atoms with E-state index in [1.807, 2.05) is 0 Å². The number of carboxylic acid groups (broad SMARTS) is 1. The van der Waals surface area contributed by atoms with E-state index in [2.05, 4.69) is 5.32 Å². The fourth-order valence-electron chi connectivity index (χ4n) is 1.13. The molecule has 0 atom stereocenters. The number of phenols is 1. The fourth-order valence-corrected chi connectivity index (χ4v) is 1.13. The van der Waals surface area contributed by atoms with Gasteiger partial charge in [0.2, 0.25) is 5.91 Å². The van der Waals surface area contributed by atoms with Gasteiger partial charge in [-0.1, -0.05) is 20.8 Å². The van der Waals surface area contributed by atoms with E-state index in [4.69, 9.17) is 5.11 Å². The summed E-state index contributed by atoms with van der Waals surface area (Å²) < 4.78 is 0. The van der Waals surface area contributed by atoms with E-state index in [1.165, 1.54) is 12.1 Å². The summed E-state index contributed by atoms with van der Waals surface area (Å²) in [4.78, 5) is 22.7. The molecule has 0 aliphatic rings. The van der Waals surface area contributed by atoms with Gasteiger partial charge in [-0.05, 0) is 18.2 Å². The molecule has 1 amide bonds. The van der Waals surface area contributed by atoms with Gasteiger partial charge in [-0.3, -0.25) is 4.79 Å². The lowest BCUT2D eigenvalue weighted by Gasteiger charge is -2.18. The highest BCUT2D eigenvalue weighted by Crippen LogP contribution is 2.24. The second-order valence-electron chi connectivity index (χ2n) is 4.74. The molecular formula is C12H15NO4. The molecule has 1 rings (SSSR count). The third-order valence-electron chi connectivity index (χ3n) is 2.16. The predicted octanol–water partition coefficient (Wildman–Crippen LogP) is 2.07. The van der Waals surface area contributed by atoms with Gasteiger partial charge < -0.3 is 15.5 Å². The zero-order valence-corrected chi connectivity index (χ0v) is 9.94. The van der Waals surface area contributed by atoms with Crippen molar-refractivity contribution in [3.63, 3.8) is 0 Å².